The molecule has 23 heteroatoms. The summed E-state index contributed by atoms with van der Waals surface area (Å²) in [6.45, 7) is 31.5. The first-order chi connectivity index (χ1) is 53.2. The zero-order valence-corrected chi connectivity index (χ0v) is 69.3. The number of ether oxygens (including phenoxy) is 1. The van der Waals surface area contributed by atoms with E-state index < -0.39 is 6.36 Å². The van der Waals surface area contributed by atoms with Crippen LogP contribution in [0.1, 0.15) is 179 Å². The average molecular weight is 1600 g/mol. The fourth-order valence-corrected chi connectivity index (χ4v) is 17.7. The van der Waals surface area contributed by atoms with E-state index in [-0.39, 0.29) is 94.3 Å². The first-order valence-corrected chi connectivity index (χ1v) is 41.2. The predicted molar refractivity (Wildman–Crippen MR) is 439 cm³/mol. The lowest BCUT2D eigenvalue weighted by molar-refractivity contribution is -0.274. The summed E-state index contributed by atoms with van der Waals surface area (Å²) in [7, 11) is 0. The lowest BCUT2D eigenvalue weighted by Crippen LogP contribution is -2.60. The minimum absolute atomic E-state index is 0.0369. The smallest absolute Gasteiger partial charge is 0.406 e. The Hall–Kier alpha value is -7.72. The molecule has 0 saturated carbocycles. The first-order valence-electron chi connectivity index (χ1n) is 40.1. The molecular weight excluding hydrogens is 1480 g/mol. The van der Waals surface area contributed by atoms with Gasteiger partial charge in [-0.1, -0.05) is 199 Å². The van der Waals surface area contributed by atoms with Crippen LogP contribution in [0.2, 0.25) is 15.1 Å². The van der Waals surface area contributed by atoms with Crippen molar-refractivity contribution in [1.29, 1.82) is 0 Å². The van der Waals surface area contributed by atoms with Gasteiger partial charge in [-0.25, -0.2) is 4.79 Å². The van der Waals surface area contributed by atoms with Crippen molar-refractivity contribution in [1.82, 2.24) is 44.1 Å². The van der Waals surface area contributed by atoms with Gasteiger partial charge in [-0.05, 0) is 155 Å². The number of carbonyl (C=O) groups is 6. The number of amides is 7. The van der Waals surface area contributed by atoms with Gasteiger partial charge in [0.1, 0.15) is 5.75 Å². The second-order valence-corrected chi connectivity index (χ2v) is 35.2. The molecule has 5 atom stereocenters. The number of nitrogens with two attached hydrogens (primary N) is 1. The van der Waals surface area contributed by atoms with Crippen LogP contribution in [0.15, 0.2) is 158 Å². The summed E-state index contributed by atoms with van der Waals surface area (Å²) in [6, 6.07) is 50.7. The van der Waals surface area contributed by atoms with Gasteiger partial charge in [0, 0.05) is 164 Å². The van der Waals surface area contributed by atoms with Crippen LogP contribution in [-0.2, 0) is 24.0 Å². The monoisotopic (exact) mass is 1600 g/mol. The van der Waals surface area contributed by atoms with E-state index >= 15 is 0 Å². The molecule has 2 unspecified atom stereocenters. The SMILES string of the molecule is CC(=O)N1CCC(CC(=O)N2CCN(C(c3ccccc3)c3ccc(Cl)cc3)C[C@@H]2C(C)(C)C)CC1.CC(=O)N1CCC(CC(=O)N2CCN(C(c3ccccc3)c3ccc(OC(F)(F)F)cc3)C[C@@H]2C(C)(C)C)CC1.CC(C)[C@H]1CN(C(c2ccc(Cl)cc2)c2ccc(Cl)cc2)CCN1C(=O)CC1CCN(C(N)=O)CC1. The van der Waals surface area contributed by atoms with Gasteiger partial charge in [0.15, 0.2) is 0 Å². The Morgan fingerprint density at radius 3 is 0.982 bits per heavy atom. The van der Waals surface area contributed by atoms with E-state index in [9.17, 15) is 41.9 Å². The summed E-state index contributed by atoms with van der Waals surface area (Å²) >= 11 is 18.6. The molecule has 606 valence electrons. The van der Waals surface area contributed by atoms with Gasteiger partial charge >= 0.3 is 12.4 Å². The van der Waals surface area contributed by atoms with Gasteiger partial charge in [0.25, 0.3) is 0 Å². The van der Waals surface area contributed by atoms with Gasteiger partial charge in [-0.3, -0.25) is 38.7 Å². The zero-order valence-electron chi connectivity index (χ0n) is 67.0. The standard InChI is InChI=1S/C31H40F3N3O3.C30H40ClN3O2.C28H36Cl2N4O2/c1-22(38)35-16-14-23(15-17-35)20-28(39)37-19-18-36(21-27(37)30(2,3)4)29(24-8-6-5-7-9-24)25-10-12-26(13-11-25)40-31(32,33)34;1-22(35)32-16-14-23(15-17-32)20-28(36)34-19-18-33(21-27(34)30(2,3)4)29(24-8-6-5-7-9-24)25-10-12-26(31)13-11-25;1-19(2)25-18-33(15-16-34(25)26(35)17-20-11-13-32(14-12-20)28(31)36)27(21-3-7-23(29)8-4-21)22-5-9-24(30)10-6-22/h5-13,23,27,29H,14-21H2,1-4H3;5-13,23,27,29H,14-21H2,1-4H3;3-10,19-20,25,27H,11-18H2,1-2H3,(H2,31,36)/t2*27-,29?;25-/m111/s1. The number of halogens is 6. The zero-order chi connectivity index (χ0) is 80.8. The van der Waals surface area contributed by atoms with E-state index in [1.165, 1.54) is 34.4 Å². The number of likely N-dealkylation sites (tertiary alicyclic amines) is 3. The molecule has 0 radical (unpaired) electrons. The predicted octanol–water partition coefficient (Wildman–Crippen LogP) is 17.0. The number of piperazine rings is 3. The van der Waals surface area contributed by atoms with E-state index in [1.807, 2.05) is 81.4 Å². The molecule has 17 nitrogen and oxygen atoms in total. The van der Waals surface area contributed by atoms with E-state index in [0.717, 1.165) is 100 Å². The Balaban J connectivity index is 0.000000179. The number of hydrogen-bond acceptors (Lipinski definition) is 10. The minimum atomic E-state index is -4.74. The van der Waals surface area contributed by atoms with Gasteiger partial charge in [-0.2, -0.15) is 0 Å². The molecule has 2 N–H and O–H groups in total. The summed E-state index contributed by atoms with van der Waals surface area (Å²) in [6.07, 6.45) is 2.04. The lowest BCUT2D eigenvalue weighted by atomic mass is 9.82. The van der Waals surface area contributed by atoms with Crippen LogP contribution < -0.4 is 10.5 Å². The first kappa shape index (κ1) is 86.7. The normalized spacial score (nSPS) is 20.3. The maximum absolute atomic E-state index is 13.6. The van der Waals surface area contributed by atoms with Crippen LogP contribution in [0, 0.1) is 34.5 Å². The van der Waals surface area contributed by atoms with Crippen LogP contribution in [0.25, 0.3) is 0 Å². The van der Waals surface area contributed by atoms with E-state index in [0.29, 0.717) is 99.4 Å². The minimum Gasteiger partial charge on any atom is -0.406 e. The number of primary amides is 1. The van der Waals surface area contributed by atoms with Crippen molar-refractivity contribution in [3.8, 4) is 5.75 Å². The Bertz CT molecular complexity index is 3990. The van der Waals surface area contributed by atoms with Crippen molar-refractivity contribution in [2.45, 2.75) is 170 Å². The van der Waals surface area contributed by atoms with Crippen LogP contribution in [0.4, 0.5) is 18.0 Å². The highest BCUT2D eigenvalue weighted by atomic mass is 35.5. The molecule has 112 heavy (non-hydrogen) atoms. The Labute approximate surface area is 677 Å². The fourth-order valence-electron chi connectivity index (χ4n) is 17.4. The van der Waals surface area contributed by atoms with Crippen molar-refractivity contribution < 1.29 is 46.7 Å². The second-order valence-electron chi connectivity index (χ2n) is 33.9. The Kier molecular flexibility index (Phi) is 30.2. The highest BCUT2D eigenvalue weighted by Crippen LogP contribution is 2.41. The quantitative estimate of drug-likeness (QED) is 0.0928. The molecule has 6 fully saturated rings. The van der Waals surface area contributed by atoms with Crippen molar-refractivity contribution in [2.75, 3.05) is 98.2 Å². The van der Waals surface area contributed by atoms with Crippen LogP contribution in [-0.4, -0.2) is 202 Å². The average Bonchev–Trinajstić information content (AvgIpc) is 0.769. The molecule has 6 aromatic rings. The molecule has 0 spiro atoms. The number of alkyl halides is 3. The van der Waals surface area contributed by atoms with Crippen molar-refractivity contribution >= 4 is 70.4 Å². The van der Waals surface area contributed by atoms with Crippen molar-refractivity contribution in [3.05, 3.63) is 206 Å². The van der Waals surface area contributed by atoms with Crippen molar-refractivity contribution in [3.63, 3.8) is 0 Å². The number of carbonyl (C=O) groups excluding carboxylic acids is 6. The molecule has 0 aromatic heterocycles. The molecule has 12 rings (SSSR count). The largest absolute Gasteiger partial charge is 0.573 e. The molecular formula is C89H116Cl3F3N10O7. The van der Waals surface area contributed by atoms with Crippen LogP contribution >= 0.6 is 34.8 Å². The third-order valence-electron chi connectivity index (χ3n) is 23.8. The van der Waals surface area contributed by atoms with Gasteiger partial charge in [-0.15, -0.1) is 13.2 Å². The topological polar surface area (TPSA) is 167 Å². The molecule has 0 bridgehead atoms. The highest BCUT2D eigenvalue weighted by molar-refractivity contribution is 6.31. The number of rotatable bonds is 17. The molecule has 7 amide bonds. The van der Waals surface area contributed by atoms with Gasteiger partial charge < -0.3 is 39.9 Å². The van der Waals surface area contributed by atoms with E-state index in [4.69, 9.17) is 40.5 Å². The molecule has 6 heterocycles. The third kappa shape index (κ3) is 23.7. The van der Waals surface area contributed by atoms with Crippen molar-refractivity contribution in [2.24, 2.45) is 40.2 Å². The molecule has 6 aromatic carbocycles. The van der Waals surface area contributed by atoms with E-state index in [1.54, 1.807) is 30.9 Å². The second kappa shape index (κ2) is 39.1. The van der Waals surface area contributed by atoms with Gasteiger partial charge in [0.05, 0.1) is 18.1 Å². The molecule has 6 saturated heterocycles. The molecule has 0 aliphatic carbocycles. The van der Waals surface area contributed by atoms with E-state index in [2.05, 4.69) is 151 Å². The maximum atomic E-state index is 13.6. The number of piperidine rings is 3. The Morgan fingerprint density at radius 2 is 0.688 bits per heavy atom. The van der Waals surface area contributed by atoms with Crippen LogP contribution in [0.3, 0.4) is 0 Å². The summed E-state index contributed by atoms with van der Waals surface area (Å²) in [5, 5.41) is 2.17. The highest BCUT2D eigenvalue weighted by Gasteiger charge is 2.44. The molecule has 6 aliphatic rings. The fraction of sp³-hybridized carbons (Fsp3) is 0.528. The van der Waals surface area contributed by atoms with Crippen LogP contribution in [0.5, 0.6) is 5.75 Å². The summed E-state index contributed by atoms with van der Waals surface area (Å²) in [5.74, 6) is 1.87. The number of hydrogen-bond donors (Lipinski definition) is 1. The summed E-state index contributed by atoms with van der Waals surface area (Å²) in [4.78, 5) is 94.5. The summed E-state index contributed by atoms with van der Waals surface area (Å²) in [5.41, 5.74) is 11.9. The summed E-state index contributed by atoms with van der Waals surface area (Å²) < 4.78 is 42.3. The third-order valence-corrected chi connectivity index (χ3v) is 24.5. The Morgan fingerprint density at radius 1 is 0.402 bits per heavy atom. The van der Waals surface area contributed by atoms with Gasteiger partial charge in [0.2, 0.25) is 29.5 Å². The number of urea groups is 1. The maximum Gasteiger partial charge on any atom is 0.573 e. The number of benzene rings is 6. The lowest BCUT2D eigenvalue weighted by Gasteiger charge is -2.50. The molecule has 6 aliphatic heterocycles. The number of nitrogens with zero attached hydrogens (tertiary/aromatic N) is 9.